The predicted octanol–water partition coefficient (Wildman–Crippen LogP) is 1.65. The van der Waals surface area contributed by atoms with Gasteiger partial charge in [0.2, 0.25) is 0 Å². The van der Waals surface area contributed by atoms with Crippen LogP contribution in [-0.4, -0.2) is 24.7 Å². The Bertz CT molecular complexity index is 219. The van der Waals surface area contributed by atoms with Crippen LogP contribution < -0.4 is 10.6 Å². The minimum Gasteiger partial charge on any atom is -0.314 e. The van der Waals surface area contributed by atoms with E-state index in [-0.39, 0.29) is 0 Å². The molecule has 3 atom stereocenters. The molecule has 2 N–H and O–H groups in total. The molecule has 0 spiro atoms. The van der Waals surface area contributed by atoms with Crippen molar-refractivity contribution < 1.29 is 0 Å². The van der Waals surface area contributed by atoms with Gasteiger partial charge in [-0.3, -0.25) is 0 Å². The largest absolute Gasteiger partial charge is 0.314 e. The van der Waals surface area contributed by atoms with Crippen molar-refractivity contribution in [2.45, 2.75) is 58.2 Å². The highest BCUT2D eigenvalue weighted by Crippen LogP contribution is 2.20. The lowest BCUT2D eigenvalue weighted by Gasteiger charge is -2.23. The van der Waals surface area contributed by atoms with E-state index >= 15 is 0 Å². The molecule has 0 amide bonds. The van der Waals surface area contributed by atoms with E-state index in [0.29, 0.717) is 30.5 Å². The van der Waals surface area contributed by atoms with Crippen LogP contribution in [0.3, 0.4) is 0 Å². The minimum atomic E-state index is 0.461. The van der Waals surface area contributed by atoms with Crippen molar-refractivity contribution in [3.05, 3.63) is 0 Å². The fourth-order valence-electron chi connectivity index (χ4n) is 2.19. The Balaban J connectivity index is 2.39. The van der Waals surface area contributed by atoms with Crippen LogP contribution in [-0.2, 0) is 0 Å². The first-order valence-electron chi connectivity index (χ1n) is 6.00. The Hall–Kier alpha value is -0.590. The topological polar surface area (TPSA) is 47.9 Å². The van der Waals surface area contributed by atoms with Crippen LogP contribution in [0.5, 0.6) is 0 Å². The first kappa shape index (κ1) is 12.5. The number of nitrogens with zero attached hydrogens (tertiary/aromatic N) is 1. The zero-order chi connectivity index (χ0) is 11.3. The van der Waals surface area contributed by atoms with Crippen molar-refractivity contribution in [2.24, 2.45) is 5.92 Å². The van der Waals surface area contributed by atoms with Gasteiger partial charge in [0.15, 0.2) is 0 Å². The Labute approximate surface area is 93.2 Å². The third-order valence-corrected chi connectivity index (χ3v) is 3.12. The first-order chi connectivity index (χ1) is 7.13. The van der Waals surface area contributed by atoms with Gasteiger partial charge in [0.05, 0.1) is 6.07 Å². The third-order valence-electron chi connectivity index (χ3n) is 3.12. The van der Waals surface area contributed by atoms with Crippen LogP contribution in [0.4, 0.5) is 0 Å². The molecule has 1 rings (SSSR count). The van der Waals surface area contributed by atoms with E-state index in [9.17, 15) is 0 Å². The normalized spacial score (nSPS) is 27.9. The molecule has 1 aliphatic heterocycles. The van der Waals surface area contributed by atoms with Gasteiger partial charge < -0.3 is 10.6 Å². The van der Waals surface area contributed by atoms with Crippen molar-refractivity contribution in [3.63, 3.8) is 0 Å². The molecule has 0 radical (unpaired) electrons. The zero-order valence-electron chi connectivity index (χ0n) is 10.1. The van der Waals surface area contributed by atoms with Crippen molar-refractivity contribution in [2.75, 3.05) is 6.54 Å². The highest BCUT2D eigenvalue weighted by molar-refractivity contribution is 4.91. The van der Waals surface area contributed by atoms with Gasteiger partial charge in [-0.1, -0.05) is 13.8 Å². The van der Waals surface area contributed by atoms with Gasteiger partial charge in [0.25, 0.3) is 0 Å². The summed E-state index contributed by atoms with van der Waals surface area (Å²) in [5.74, 6) is 0.461. The van der Waals surface area contributed by atoms with Crippen LogP contribution >= 0.6 is 0 Å². The summed E-state index contributed by atoms with van der Waals surface area (Å²) in [5, 5.41) is 15.8. The van der Waals surface area contributed by atoms with E-state index in [0.717, 1.165) is 6.54 Å². The Morgan fingerprint density at radius 3 is 2.67 bits per heavy atom. The molecule has 0 aromatic carbocycles. The fourth-order valence-corrected chi connectivity index (χ4v) is 2.19. The summed E-state index contributed by atoms with van der Waals surface area (Å²) in [6, 6.07) is 3.96. The van der Waals surface area contributed by atoms with Crippen LogP contribution in [0.15, 0.2) is 0 Å². The Morgan fingerprint density at radius 2 is 2.20 bits per heavy atom. The Morgan fingerprint density at radius 1 is 1.47 bits per heavy atom. The smallest absolute Gasteiger partial charge is 0.0625 e. The average Bonchev–Trinajstić information content (AvgIpc) is 2.59. The molecule has 86 valence electrons. The molecule has 1 aliphatic rings. The number of nitriles is 1. The van der Waals surface area contributed by atoms with E-state index in [1.54, 1.807) is 0 Å². The van der Waals surface area contributed by atoms with Crippen molar-refractivity contribution in [1.82, 2.24) is 10.6 Å². The average molecular weight is 209 g/mol. The van der Waals surface area contributed by atoms with Crippen LogP contribution in [0.1, 0.15) is 40.0 Å². The lowest BCUT2D eigenvalue weighted by molar-refractivity contribution is 0.354. The quantitative estimate of drug-likeness (QED) is 0.724. The number of nitrogens with one attached hydrogen (secondary N) is 2. The summed E-state index contributed by atoms with van der Waals surface area (Å²) >= 11 is 0. The summed E-state index contributed by atoms with van der Waals surface area (Å²) in [7, 11) is 0. The molecule has 0 aliphatic carbocycles. The highest BCUT2D eigenvalue weighted by Gasteiger charge is 2.27. The molecule has 0 aromatic heterocycles. The van der Waals surface area contributed by atoms with Gasteiger partial charge in [-0.05, 0) is 25.7 Å². The minimum absolute atomic E-state index is 0.461. The molecule has 1 heterocycles. The van der Waals surface area contributed by atoms with E-state index in [4.69, 9.17) is 5.26 Å². The molecule has 15 heavy (non-hydrogen) atoms. The maximum Gasteiger partial charge on any atom is 0.0625 e. The monoisotopic (exact) mass is 209 g/mol. The predicted molar refractivity (Wildman–Crippen MR) is 62.5 cm³/mol. The molecule has 0 saturated carbocycles. The maximum atomic E-state index is 8.82. The van der Waals surface area contributed by atoms with Crippen LogP contribution in [0.25, 0.3) is 0 Å². The lowest BCUT2D eigenvalue weighted by atomic mass is 9.95. The second-order valence-corrected chi connectivity index (χ2v) is 4.94. The molecule has 3 nitrogen and oxygen atoms in total. The third kappa shape index (κ3) is 4.19. The second-order valence-electron chi connectivity index (χ2n) is 4.94. The first-order valence-corrected chi connectivity index (χ1v) is 6.00. The maximum absolute atomic E-state index is 8.82. The zero-order valence-corrected chi connectivity index (χ0v) is 10.1. The molecule has 1 saturated heterocycles. The van der Waals surface area contributed by atoms with Gasteiger partial charge in [0, 0.05) is 31.1 Å². The second kappa shape index (κ2) is 6.09. The highest BCUT2D eigenvalue weighted by atomic mass is 15.0. The Kier molecular flexibility index (Phi) is 5.07. The number of rotatable bonds is 5. The van der Waals surface area contributed by atoms with Gasteiger partial charge in [-0.25, -0.2) is 0 Å². The summed E-state index contributed by atoms with van der Waals surface area (Å²) in [5.41, 5.74) is 0. The standard InChI is InChI=1S/C12H23N3/c1-9(2)14-8-11(6-7-13)12-5-4-10(3)15-12/h9-12,14-15H,4-6,8H2,1-3H3. The van der Waals surface area contributed by atoms with Gasteiger partial charge >= 0.3 is 0 Å². The molecule has 0 bridgehead atoms. The number of hydrogen-bond acceptors (Lipinski definition) is 3. The van der Waals surface area contributed by atoms with Crippen molar-refractivity contribution >= 4 is 0 Å². The van der Waals surface area contributed by atoms with E-state index < -0.39 is 0 Å². The molecular weight excluding hydrogens is 186 g/mol. The number of hydrogen-bond donors (Lipinski definition) is 2. The lowest BCUT2D eigenvalue weighted by Crippen LogP contribution is -2.40. The molecule has 3 heteroatoms. The van der Waals surface area contributed by atoms with Gasteiger partial charge in [-0.15, -0.1) is 0 Å². The SMILES string of the molecule is CC(C)NCC(CC#N)C1CCC(C)N1. The molecule has 0 aromatic rings. The van der Waals surface area contributed by atoms with Gasteiger partial charge in [-0.2, -0.15) is 5.26 Å². The summed E-state index contributed by atoms with van der Waals surface area (Å²) in [4.78, 5) is 0. The fraction of sp³-hybridized carbons (Fsp3) is 0.917. The van der Waals surface area contributed by atoms with E-state index in [1.807, 2.05) is 0 Å². The molecule has 1 fully saturated rings. The van der Waals surface area contributed by atoms with Crippen molar-refractivity contribution in [3.8, 4) is 6.07 Å². The van der Waals surface area contributed by atoms with Crippen molar-refractivity contribution in [1.29, 1.82) is 5.26 Å². The van der Waals surface area contributed by atoms with Crippen LogP contribution in [0, 0.1) is 17.2 Å². The van der Waals surface area contributed by atoms with Crippen LogP contribution in [0.2, 0.25) is 0 Å². The molecular formula is C12H23N3. The summed E-state index contributed by atoms with van der Waals surface area (Å²) in [6.07, 6.45) is 3.12. The van der Waals surface area contributed by atoms with E-state index in [2.05, 4.69) is 37.5 Å². The van der Waals surface area contributed by atoms with Gasteiger partial charge in [0.1, 0.15) is 0 Å². The molecule has 3 unspecified atom stereocenters. The summed E-state index contributed by atoms with van der Waals surface area (Å²) in [6.45, 7) is 7.47. The summed E-state index contributed by atoms with van der Waals surface area (Å²) < 4.78 is 0. The van der Waals surface area contributed by atoms with E-state index in [1.165, 1.54) is 12.8 Å².